The largest absolute Gasteiger partial charge is 0.416 e. The Hall–Kier alpha value is -1.60. The molecule has 1 aliphatic rings. The second-order valence-electron chi connectivity index (χ2n) is 7.05. The minimum absolute atomic E-state index is 0.0591. The van der Waals surface area contributed by atoms with Crippen molar-refractivity contribution in [3.8, 4) is 0 Å². The van der Waals surface area contributed by atoms with Crippen LogP contribution in [0.3, 0.4) is 0 Å². The van der Waals surface area contributed by atoms with Crippen molar-refractivity contribution in [2.45, 2.75) is 51.2 Å². The van der Waals surface area contributed by atoms with E-state index in [-0.39, 0.29) is 5.91 Å². The fraction of sp³-hybridized carbons (Fsp3) is 0.650. The highest BCUT2D eigenvalue weighted by atomic mass is 19.4. The molecule has 0 spiro atoms. The van der Waals surface area contributed by atoms with Crippen molar-refractivity contribution in [2.75, 3.05) is 32.7 Å². The summed E-state index contributed by atoms with van der Waals surface area (Å²) in [4.78, 5) is 14.4. The predicted octanol–water partition coefficient (Wildman–Crippen LogP) is 3.22. The highest BCUT2D eigenvalue weighted by Gasteiger charge is 2.29. The van der Waals surface area contributed by atoms with E-state index in [4.69, 9.17) is 0 Å². The molecule has 0 saturated carbocycles. The molecule has 1 saturated heterocycles. The third-order valence-corrected chi connectivity index (χ3v) is 4.91. The monoisotopic (exact) mass is 385 g/mol. The van der Waals surface area contributed by atoms with Crippen LogP contribution in [0.5, 0.6) is 0 Å². The molecule has 0 aromatic heterocycles. The van der Waals surface area contributed by atoms with Gasteiger partial charge in [-0.2, -0.15) is 13.2 Å². The van der Waals surface area contributed by atoms with Crippen LogP contribution in [0.15, 0.2) is 24.3 Å². The first kappa shape index (κ1) is 21.7. The van der Waals surface area contributed by atoms with Crippen molar-refractivity contribution in [1.82, 2.24) is 15.5 Å². The summed E-state index contributed by atoms with van der Waals surface area (Å²) < 4.78 is 37.8. The summed E-state index contributed by atoms with van der Waals surface area (Å²) in [5, 5.41) is 6.85. The van der Waals surface area contributed by atoms with Gasteiger partial charge in [0.1, 0.15) is 0 Å². The Labute approximate surface area is 159 Å². The van der Waals surface area contributed by atoms with Gasteiger partial charge in [0.15, 0.2) is 0 Å². The number of hydrogen-bond acceptors (Lipinski definition) is 3. The summed E-state index contributed by atoms with van der Waals surface area (Å²) in [5.41, 5.74) is 0.0924. The Kier molecular flexibility index (Phi) is 8.57. The van der Waals surface area contributed by atoms with E-state index in [1.54, 1.807) is 0 Å². The molecular weight excluding hydrogens is 355 g/mol. The first-order valence-corrected chi connectivity index (χ1v) is 9.78. The molecule has 7 heteroatoms. The van der Waals surface area contributed by atoms with Gasteiger partial charge in [-0.25, -0.2) is 0 Å². The van der Waals surface area contributed by atoms with Gasteiger partial charge in [-0.1, -0.05) is 19.1 Å². The van der Waals surface area contributed by atoms with E-state index in [9.17, 15) is 18.0 Å². The second-order valence-corrected chi connectivity index (χ2v) is 7.05. The SMILES string of the molecule is CCCN(CCNC1CCNCC1)C(=O)CCc1ccc(C(F)(F)F)cc1. The molecule has 152 valence electrons. The van der Waals surface area contributed by atoms with E-state index < -0.39 is 11.7 Å². The molecule has 0 unspecified atom stereocenters. The van der Waals surface area contributed by atoms with E-state index in [0.29, 0.717) is 32.0 Å². The Morgan fingerprint density at radius 3 is 2.44 bits per heavy atom. The number of halogens is 3. The molecule has 1 aromatic carbocycles. The van der Waals surface area contributed by atoms with Crippen LogP contribution >= 0.6 is 0 Å². The molecular formula is C20H30F3N3O. The quantitative estimate of drug-likeness (QED) is 0.686. The average Bonchev–Trinajstić information content (AvgIpc) is 2.66. The molecule has 0 atom stereocenters. The van der Waals surface area contributed by atoms with Crippen LogP contribution in [0.2, 0.25) is 0 Å². The van der Waals surface area contributed by atoms with E-state index >= 15 is 0 Å². The van der Waals surface area contributed by atoms with Gasteiger partial charge in [0.2, 0.25) is 5.91 Å². The first-order chi connectivity index (χ1) is 12.9. The van der Waals surface area contributed by atoms with E-state index in [1.807, 2.05) is 11.8 Å². The average molecular weight is 385 g/mol. The maximum absolute atomic E-state index is 12.6. The molecule has 4 nitrogen and oxygen atoms in total. The van der Waals surface area contributed by atoms with Crippen LogP contribution < -0.4 is 10.6 Å². The maximum Gasteiger partial charge on any atom is 0.416 e. The van der Waals surface area contributed by atoms with Crippen LogP contribution in [0.25, 0.3) is 0 Å². The standard InChI is InChI=1S/C20H30F3N3O/c1-2-14-26(15-13-25-18-9-11-24-12-10-18)19(27)8-5-16-3-6-17(7-4-16)20(21,22)23/h3-4,6-7,18,24-25H,2,5,8-15H2,1H3. The fourth-order valence-electron chi connectivity index (χ4n) is 3.33. The number of nitrogens with zero attached hydrogens (tertiary/aromatic N) is 1. The number of aryl methyl sites for hydroxylation is 1. The number of carbonyl (C=O) groups excluding carboxylic acids is 1. The van der Waals surface area contributed by atoms with Crippen LogP contribution in [0.1, 0.15) is 43.7 Å². The Morgan fingerprint density at radius 1 is 1.19 bits per heavy atom. The van der Waals surface area contributed by atoms with Crippen molar-refractivity contribution in [3.05, 3.63) is 35.4 Å². The number of rotatable bonds is 9. The number of amides is 1. The van der Waals surface area contributed by atoms with Crippen molar-refractivity contribution < 1.29 is 18.0 Å². The predicted molar refractivity (Wildman–Crippen MR) is 101 cm³/mol. The van der Waals surface area contributed by atoms with Crippen LogP contribution in [-0.2, 0) is 17.4 Å². The minimum atomic E-state index is -4.33. The second kappa shape index (κ2) is 10.7. The first-order valence-electron chi connectivity index (χ1n) is 9.78. The molecule has 1 aromatic rings. The molecule has 2 rings (SSSR count). The molecule has 1 aliphatic heterocycles. The van der Waals surface area contributed by atoms with Crippen molar-refractivity contribution >= 4 is 5.91 Å². The third kappa shape index (κ3) is 7.50. The molecule has 2 N–H and O–H groups in total. The zero-order chi connectivity index (χ0) is 19.7. The van der Waals surface area contributed by atoms with Gasteiger partial charge in [0.25, 0.3) is 0 Å². The molecule has 0 radical (unpaired) electrons. The lowest BCUT2D eigenvalue weighted by atomic mass is 10.1. The minimum Gasteiger partial charge on any atom is -0.341 e. The highest BCUT2D eigenvalue weighted by Crippen LogP contribution is 2.29. The molecule has 0 aliphatic carbocycles. The maximum atomic E-state index is 12.6. The molecule has 1 fully saturated rings. The van der Waals surface area contributed by atoms with E-state index in [2.05, 4.69) is 10.6 Å². The summed E-state index contributed by atoms with van der Waals surface area (Å²) in [5.74, 6) is 0.0591. The van der Waals surface area contributed by atoms with E-state index in [1.165, 1.54) is 12.1 Å². The summed E-state index contributed by atoms with van der Waals surface area (Å²) in [6, 6.07) is 5.58. The van der Waals surface area contributed by atoms with Gasteiger partial charge in [-0.05, 0) is 56.5 Å². The molecule has 0 bridgehead atoms. The number of carbonyl (C=O) groups is 1. The zero-order valence-corrected chi connectivity index (χ0v) is 15.9. The Balaban J connectivity index is 1.77. The fourth-order valence-corrected chi connectivity index (χ4v) is 3.33. The van der Waals surface area contributed by atoms with Crippen LogP contribution in [0.4, 0.5) is 13.2 Å². The highest BCUT2D eigenvalue weighted by molar-refractivity contribution is 5.76. The van der Waals surface area contributed by atoms with Crippen molar-refractivity contribution in [3.63, 3.8) is 0 Å². The normalized spacial score (nSPS) is 15.7. The number of nitrogens with one attached hydrogen (secondary N) is 2. The van der Waals surface area contributed by atoms with Gasteiger partial charge in [-0.15, -0.1) is 0 Å². The van der Waals surface area contributed by atoms with Gasteiger partial charge in [-0.3, -0.25) is 4.79 Å². The zero-order valence-electron chi connectivity index (χ0n) is 15.9. The Bertz CT molecular complexity index is 569. The third-order valence-electron chi connectivity index (χ3n) is 4.91. The summed E-state index contributed by atoms with van der Waals surface area (Å²) in [6.45, 7) is 6.25. The van der Waals surface area contributed by atoms with Gasteiger partial charge in [0, 0.05) is 32.1 Å². The van der Waals surface area contributed by atoms with Gasteiger partial charge < -0.3 is 15.5 Å². The molecule has 27 heavy (non-hydrogen) atoms. The summed E-state index contributed by atoms with van der Waals surface area (Å²) in [7, 11) is 0. The van der Waals surface area contributed by atoms with Gasteiger partial charge in [0.05, 0.1) is 5.56 Å². The smallest absolute Gasteiger partial charge is 0.341 e. The van der Waals surface area contributed by atoms with Crippen molar-refractivity contribution in [2.24, 2.45) is 0 Å². The van der Waals surface area contributed by atoms with Crippen LogP contribution in [0, 0.1) is 0 Å². The lowest BCUT2D eigenvalue weighted by molar-refractivity contribution is -0.137. The van der Waals surface area contributed by atoms with Crippen LogP contribution in [-0.4, -0.2) is 49.6 Å². The lowest BCUT2D eigenvalue weighted by Crippen LogP contribution is -2.44. The number of alkyl halides is 3. The topological polar surface area (TPSA) is 44.4 Å². The molecule has 1 heterocycles. The number of piperidine rings is 1. The number of hydrogen-bond donors (Lipinski definition) is 2. The summed E-state index contributed by atoms with van der Waals surface area (Å²) >= 11 is 0. The summed E-state index contributed by atoms with van der Waals surface area (Å²) in [6.07, 6.45) is -0.448. The van der Waals surface area contributed by atoms with E-state index in [0.717, 1.165) is 56.6 Å². The molecule has 1 amide bonds. The van der Waals surface area contributed by atoms with Gasteiger partial charge >= 0.3 is 6.18 Å². The Morgan fingerprint density at radius 2 is 1.85 bits per heavy atom. The number of benzene rings is 1. The van der Waals surface area contributed by atoms with Crippen molar-refractivity contribution in [1.29, 1.82) is 0 Å². The lowest BCUT2D eigenvalue weighted by Gasteiger charge is -2.27.